The molecule has 1 aromatic rings. The van der Waals surface area contributed by atoms with Gasteiger partial charge in [-0.05, 0) is 13.8 Å². The zero-order chi connectivity index (χ0) is 14.1. The first kappa shape index (κ1) is 16.1. The number of Topliss-reactive ketones (excluding diaryl/α,β-unsaturated/α-hetero) is 1. The molecule has 19 heavy (non-hydrogen) atoms. The average Bonchev–Trinajstić information content (AvgIpc) is 2.87. The number of hydrogen-bond acceptors (Lipinski definition) is 6. The van der Waals surface area contributed by atoms with Crippen molar-refractivity contribution in [3.63, 3.8) is 0 Å². The van der Waals surface area contributed by atoms with E-state index in [-0.39, 0.29) is 5.78 Å². The van der Waals surface area contributed by atoms with Crippen molar-refractivity contribution in [3.05, 3.63) is 11.1 Å². The Balaban J connectivity index is 2.61. The van der Waals surface area contributed by atoms with E-state index < -0.39 is 0 Å². The van der Waals surface area contributed by atoms with Gasteiger partial charge in [0.15, 0.2) is 10.9 Å². The highest BCUT2D eigenvalue weighted by atomic mass is 32.1. The first-order valence-electron chi connectivity index (χ1n) is 6.56. The zero-order valence-corrected chi connectivity index (χ0v) is 12.7. The van der Waals surface area contributed by atoms with Gasteiger partial charge in [-0.1, -0.05) is 11.3 Å². The van der Waals surface area contributed by atoms with Crippen LogP contribution >= 0.6 is 11.3 Å². The summed E-state index contributed by atoms with van der Waals surface area (Å²) in [4.78, 5) is 18.4. The van der Waals surface area contributed by atoms with Gasteiger partial charge in [-0.2, -0.15) is 0 Å². The number of rotatable bonds is 10. The number of nitrogens with zero attached hydrogens (tertiary/aromatic N) is 2. The highest BCUT2D eigenvalue weighted by Crippen LogP contribution is 2.22. The molecule has 5 nitrogen and oxygen atoms in total. The maximum atomic E-state index is 11.3. The van der Waals surface area contributed by atoms with Gasteiger partial charge in [-0.15, -0.1) is 0 Å². The minimum absolute atomic E-state index is 0.0540. The second-order valence-electron chi connectivity index (χ2n) is 3.94. The summed E-state index contributed by atoms with van der Waals surface area (Å²) in [6, 6.07) is 0. The predicted molar refractivity (Wildman–Crippen MR) is 77.3 cm³/mol. The lowest BCUT2D eigenvalue weighted by atomic mass is 10.4. The van der Waals surface area contributed by atoms with Crippen molar-refractivity contribution in [1.82, 2.24) is 4.98 Å². The smallest absolute Gasteiger partial charge is 0.186 e. The SMILES string of the molecule is CCOCCN(CCOCC)c1ncc(C(C)=O)s1. The number of thiazole rings is 1. The topological polar surface area (TPSA) is 51.7 Å². The van der Waals surface area contributed by atoms with Crippen molar-refractivity contribution in [2.45, 2.75) is 20.8 Å². The summed E-state index contributed by atoms with van der Waals surface area (Å²) in [6.45, 7) is 9.73. The third kappa shape index (κ3) is 5.67. The number of anilines is 1. The summed E-state index contributed by atoms with van der Waals surface area (Å²) in [7, 11) is 0. The van der Waals surface area contributed by atoms with Gasteiger partial charge in [0.2, 0.25) is 0 Å². The second kappa shape index (κ2) is 9.01. The van der Waals surface area contributed by atoms with E-state index in [1.54, 1.807) is 13.1 Å². The molecular weight excluding hydrogens is 264 g/mol. The fraction of sp³-hybridized carbons (Fsp3) is 0.692. The van der Waals surface area contributed by atoms with Gasteiger partial charge in [0.1, 0.15) is 0 Å². The lowest BCUT2D eigenvalue weighted by molar-refractivity contribution is 0.102. The Morgan fingerprint density at radius 3 is 2.26 bits per heavy atom. The molecular formula is C13H22N2O3S. The van der Waals surface area contributed by atoms with Gasteiger partial charge in [0.05, 0.1) is 24.3 Å². The summed E-state index contributed by atoms with van der Waals surface area (Å²) < 4.78 is 10.7. The molecule has 108 valence electrons. The molecule has 0 aromatic carbocycles. The number of hydrogen-bond donors (Lipinski definition) is 0. The first-order valence-corrected chi connectivity index (χ1v) is 7.37. The van der Waals surface area contributed by atoms with Crippen LogP contribution in [-0.2, 0) is 9.47 Å². The molecule has 0 N–H and O–H groups in total. The molecule has 0 amide bonds. The molecule has 6 heteroatoms. The van der Waals surface area contributed by atoms with Gasteiger partial charge in [0, 0.05) is 33.2 Å². The van der Waals surface area contributed by atoms with Crippen LogP contribution in [0.4, 0.5) is 5.13 Å². The predicted octanol–water partition coefficient (Wildman–Crippen LogP) is 2.23. The summed E-state index contributed by atoms with van der Waals surface area (Å²) in [5.41, 5.74) is 0. The molecule has 0 saturated carbocycles. The van der Waals surface area contributed by atoms with Crippen LogP contribution in [0.3, 0.4) is 0 Å². The van der Waals surface area contributed by atoms with Crippen molar-refractivity contribution in [3.8, 4) is 0 Å². The molecule has 1 heterocycles. The van der Waals surface area contributed by atoms with E-state index >= 15 is 0 Å². The van der Waals surface area contributed by atoms with Crippen molar-refractivity contribution < 1.29 is 14.3 Å². The van der Waals surface area contributed by atoms with Crippen LogP contribution in [0.25, 0.3) is 0 Å². The molecule has 0 radical (unpaired) electrons. The monoisotopic (exact) mass is 286 g/mol. The standard InChI is InChI=1S/C13H22N2O3S/c1-4-17-8-6-15(7-9-18-5-2)13-14-10-12(19-13)11(3)16/h10H,4-9H2,1-3H3. The number of carbonyl (C=O) groups is 1. The van der Waals surface area contributed by atoms with Crippen molar-refractivity contribution in [2.24, 2.45) is 0 Å². The Kier molecular flexibility index (Phi) is 7.62. The molecule has 0 spiro atoms. The van der Waals surface area contributed by atoms with Gasteiger partial charge < -0.3 is 14.4 Å². The molecule has 0 bridgehead atoms. The summed E-state index contributed by atoms with van der Waals surface area (Å²) in [5.74, 6) is 0.0540. The minimum atomic E-state index is 0.0540. The van der Waals surface area contributed by atoms with Crippen LogP contribution in [0.15, 0.2) is 6.20 Å². The van der Waals surface area contributed by atoms with E-state index in [0.717, 1.165) is 18.2 Å². The van der Waals surface area contributed by atoms with Gasteiger partial charge in [-0.3, -0.25) is 4.79 Å². The number of ether oxygens (including phenoxy) is 2. The molecule has 0 fully saturated rings. The normalized spacial score (nSPS) is 10.7. The second-order valence-corrected chi connectivity index (χ2v) is 4.95. The Morgan fingerprint density at radius 2 is 1.84 bits per heavy atom. The number of carbonyl (C=O) groups excluding carboxylic acids is 1. The first-order chi connectivity index (χ1) is 9.19. The minimum Gasteiger partial charge on any atom is -0.380 e. The van der Waals surface area contributed by atoms with E-state index in [1.165, 1.54) is 11.3 Å². The largest absolute Gasteiger partial charge is 0.380 e. The molecule has 0 unspecified atom stereocenters. The van der Waals surface area contributed by atoms with Crippen LogP contribution in [0.5, 0.6) is 0 Å². The number of ketones is 1. The third-order valence-electron chi connectivity index (χ3n) is 2.53. The Bertz CT molecular complexity index is 372. The van der Waals surface area contributed by atoms with E-state index in [2.05, 4.69) is 9.88 Å². The molecule has 0 atom stereocenters. The van der Waals surface area contributed by atoms with Crippen LogP contribution in [-0.4, -0.2) is 50.3 Å². The molecule has 1 rings (SSSR count). The van der Waals surface area contributed by atoms with Gasteiger partial charge in [0.25, 0.3) is 0 Å². The van der Waals surface area contributed by atoms with Gasteiger partial charge >= 0.3 is 0 Å². The maximum Gasteiger partial charge on any atom is 0.186 e. The third-order valence-corrected chi connectivity index (χ3v) is 3.69. The van der Waals surface area contributed by atoms with Crippen LogP contribution in [0, 0.1) is 0 Å². The fourth-order valence-corrected chi connectivity index (χ4v) is 2.38. The van der Waals surface area contributed by atoms with Crippen LogP contribution in [0.2, 0.25) is 0 Å². The van der Waals surface area contributed by atoms with Crippen LogP contribution in [0.1, 0.15) is 30.4 Å². The molecule has 0 saturated heterocycles. The lowest BCUT2D eigenvalue weighted by Gasteiger charge is -2.21. The summed E-state index contributed by atoms with van der Waals surface area (Å²) >= 11 is 1.42. The Morgan fingerprint density at radius 1 is 1.26 bits per heavy atom. The van der Waals surface area contributed by atoms with Gasteiger partial charge in [-0.25, -0.2) is 4.98 Å². The quantitative estimate of drug-likeness (QED) is 0.487. The molecule has 1 aromatic heterocycles. The van der Waals surface area contributed by atoms with E-state index in [1.807, 2.05) is 13.8 Å². The maximum absolute atomic E-state index is 11.3. The molecule has 0 aliphatic carbocycles. The summed E-state index contributed by atoms with van der Waals surface area (Å²) in [6.07, 6.45) is 1.64. The highest BCUT2D eigenvalue weighted by Gasteiger charge is 2.13. The Labute approximate surface area is 118 Å². The number of aromatic nitrogens is 1. The fourth-order valence-electron chi connectivity index (χ4n) is 1.52. The zero-order valence-electron chi connectivity index (χ0n) is 11.8. The van der Waals surface area contributed by atoms with E-state index in [0.29, 0.717) is 31.3 Å². The van der Waals surface area contributed by atoms with E-state index in [9.17, 15) is 4.79 Å². The van der Waals surface area contributed by atoms with Crippen LogP contribution < -0.4 is 4.90 Å². The van der Waals surface area contributed by atoms with Crippen molar-refractivity contribution in [1.29, 1.82) is 0 Å². The average molecular weight is 286 g/mol. The Hall–Kier alpha value is -0.980. The van der Waals surface area contributed by atoms with Crippen molar-refractivity contribution >= 4 is 22.3 Å². The molecule has 0 aliphatic rings. The van der Waals surface area contributed by atoms with E-state index in [4.69, 9.17) is 9.47 Å². The lowest BCUT2D eigenvalue weighted by Crippen LogP contribution is -2.31. The van der Waals surface area contributed by atoms with Crippen molar-refractivity contribution in [2.75, 3.05) is 44.4 Å². The molecule has 0 aliphatic heterocycles. The summed E-state index contributed by atoms with van der Waals surface area (Å²) in [5, 5.41) is 0.851. The highest BCUT2D eigenvalue weighted by molar-refractivity contribution is 7.17.